The lowest BCUT2D eigenvalue weighted by Crippen LogP contribution is -2.53. The number of nitrogens with zero attached hydrogens (tertiary/aromatic N) is 3. The highest BCUT2D eigenvalue weighted by Crippen LogP contribution is 2.48. The zero-order valence-electron chi connectivity index (χ0n) is 26.7. The minimum Gasteiger partial charge on any atom is -0.467 e. The number of methoxy groups -OCH3 is 2. The molecule has 0 saturated carbocycles. The highest BCUT2D eigenvalue weighted by molar-refractivity contribution is 7.96. The quantitative estimate of drug-likeness (QED) is 0.0638. The first-order valence-corrected chi connectivity index (χ1v) is 16.9. The van der Waals surface area contributed by atoms with Crippen molar-refractivity contribution >= 4 is 57.8 Å². The summed E-state index contributed by atoms with van der Waals surface area (Å²) in [6.45, 7) is -3.36. The number of nitro groups is 1. The number of carbonyl (C=O) groups is 3. The van der Waals surface area contributed by atoms with Crippen LogP contribution in [-0.4, -0.2) is 59.5 Å². The van der Waals surface area contributed by atoms with Gasteiger partial charge in [0.15, 0.2) is 6.04 Å². The van der Waals surface area contributed by atoms with Crippen LogP contribution >= 0.6 is 6.89 Å². The van der Waals surface area contributed by atoms with Gasteiger partial charge in [-0.2, -0.15) is 5.10 Å². The van der Waals surface area contributed by atoms with Crippen molar-refractivity contribution in [3.05, 3.63) is 167 Å². The molecule has 5 aromatic carbocycles. The summed E-state index contributed by atoms with van der Waals surface area (Å²) >= 11 is 0. The molecule has 0 heterocycles. The van der Waals surface area contributed by atoms with Gasteiger partial charge in [0.05, 0.1) is 30.7 Å². The van der Waals surface area contributed by atoms with Crippen LogP contribution in [0.3, 0.4) is 0 Å². The van der Waals surface area contributed by atoms with Crippen molar-refractivity contribution in [1.82, 2.24) is 5.01 Å². The number of hydrogen-bond donors (Lipinski definition) is 0. The zero-order chi connectivity index (χ0) is 34.8. The van der Waals surface area contributed by atoms with E-state index >= 15 is 0 Å². The summed E-state index contributed by atoms with van der Waals surface area (Å²) in [6, 6.07) is 39.9. The standard InChI is InChI=1S/C38H32N3O7P/c1-47-37(43)34(40(36(42)29-15-7-3-8-16-29)39-27-28-23-25-30(26-24-28)41(45)46)35(38(44)48-2)49(31-17-9-4-10-18-31,32-19-11-5-12-20-32)33-21-13-6-14-22-33/h3-27,34H,1-2H3/b39-27+. The Balaban J connectivity index is 1.94. The molecule has 0 saturated heterocycles. The molecular formula is C38H32N3O7P. The molecule has 0 N–H and O–H groups in total. The van der Waals surface area contributed by atoms with Gasteiger partial charge in [-0.15, -0.1) is 0 Å². The molecule has 246 valence electrons. The van der Waals surface area contributed by atoms with Gasteiger partial charge in [-0.25, -0.2) is 14.6 Å². The van der Waals surface area contributed by atoms with Crippen LogP contribution in [0.1, 0.15) is 15.9 Å². The van der Waals surface area contributed by atoms with E-state index < -0.39 is 35.7 Å². The normalized spacial score (nSPS) is 11.7. The van der Waals surface area contributed by atoms with Gasteiger partial charge in [-0.05, 0) is 52.6 Å². The van der Waals surface area contributed by atoms with Crippen molar-refractivity contribution in [3.63, 3.8) is 0 Å². The summed E-state index contributed by atoms with van der Waals surface area (Å²) in [5.74, 6) is -2.47. The largest absolute Gasteiger partial charge is 0.467 e. The second-order valence-electron chi connectivity index (χ2n) is 10.6. The summed E-state index contributed by atoms with van der Waals surface area (Å²) < 4.78 is 10.8. The summed E-state index contributed by atoms with van der Waals surface area (Å²) in [5, 5.41) is 18.8. The highest BCUT2D eigenvalue weighted by atomic mass is 31.2. The maximum absolute atomic E-state index is 14.5. The van der Waals surface area contributed by atoms with Crippen molar-refractivity contribution in [2.45, 2.75) is 6.04 Å². The van der Waals surface area contributed by atoms with E-state index in [9.17, 15) is 24.5 Å². The molecule has 5 aromatic rings. The first kappa shape index (κ1) is 34.2. The SMILES string of the molecule is COC(=O)C(C(C(=O)OC)N(/N=C/c1ccc([N+](=O)[O-])cc1)C(=O)c1ccccc1)=P(c1ccccc1)(c1ccccc1)c1ccccc1. The second-order valence-corrected chi connectivity index (χ2v) is 14.0. The molecule has 1 amide bonds. The number of ether oxygens (including phenoxy) is 2. The summed E-state index contributed by atoms with van der Waals surface area (Å²) in [4.78, 5) is 53.9. The third kappa shape index (κ3) is 7.10. The third-order valence-electron chi connectivity index (χ3n) is 7.78. The fourth-order valence-electron chi connectivity index (χ4n) is 5.56. The Morgan fingerprint density at radius 3 is 1.55 bits per heavy atom. The Morgan fingerprint density at radius 2 is 1.14 bits per heavy atom. The number of rotatable bonds is 11. The van der Waals surface area contributed by atoms with Gasteiger partial charge < -0.3 is 9.47 Å². The minimum absolute atomic E-state index is 0.0458. The van der Waals surface area contributed by atoms with Gasteiger partial charge in [-0.1, -0.05) is 109 Å². The lowest BCUT2D eigenvalue weighted by Gasteiger charge is -2.36. The molecule has 10 nitrogen and oxygen atoms in total. The predicted molar refractivity (Wildman–Crippen MR) is 191 cm³/mol. The number of benzene rings is 5. The summed E-state index contributed by atoms with van der Waals surface area (Å²) in [7, 11) is 2.39. The maximum atomic E-state index is 14.5. The molecule has 0 bridgehead atoms. The molecule has 1 atom stereocenters. The molecule has 0 aliphatic heterocycles. The molecule has 0 fully saturated rings. The third-order valence-corrected chi connectivity index (χ3v) is 12.1. The van der Waals surface area contributed by atoms with E-state index in [1.165, 1.54) is 44.7 Å². The van der Waals surface area contributed by atoms with E-state index in [-0.39, 0.29) is 16.5 Å². The van der Waals surface area contributed by atoms with Gasteiger partial charge in [0.1, 0.15) is 0 Å². The van der Waals surface area contributed by atoms with Crippen molar-refractivity contribution < 1.29 is 28.8 Å². The predicted octanol–water partition coefficient (Wildman–Crippen LogP) is 4.95. The molecule has 0 aliphatic carbocycles. The van der Waals surface area contributed by atoms with E-state index in [1.54, 1.807) is 30.3 Å². The van der Waals surface area contributed by atoms with Crippen molar-refractivity contribution in [2.75, 3.05) is 14.2 Å². The molecule has 1 unspecified atom stereocenters. The Bertz CT molecular complexity index is 1920. The molecular weight excluding hydrogens is 641 g/mol. The van der Waals surface area contributed by atoms with Crippen LogP contribution < -0.4 is 15.9 Å². The van der Waals surface area contributed by atoms with E-state index in [4.69, 9.17) is 9.47 Å². The number of hydrogen-bond acceptors (Lipinski definition) is 8. The van der Waals surface area contributed by atoms with Crippen molar-refractivity contribution in [1.29, 1.82) is 0 Å². The highest BCUT2D eigenvalue weighted by Gasteiger charge is 2.46. The fraction of sp³-hybridized carbons (Fsp3) is 0.0789. The lowest BCUT2D eigenvalue weighted by atomic mass is 10.1. The number of nitro benzene ring substituents is 1. The first-order valence-electron chi connectivity index (χ1n) is 15.1. The number of non-ortho nitro benzene ring substituents is 1. The van der Waals surface area contributed by atoms with E-state index in [0.29, 0.717) is 21.5 Å². The Labute approximate surface area is 283 Å². The average molecular weight is 674 g/mol. The number of esters is 2. The van der Waals surface area contributed by atoms with Gasteiger partial charge >= 0.3 is 11.9 Å². The van der Waals surface area contributed by atoms with Crippen molar-refractivity contribution in [2.24, 2.45) is 5.10 Å². The van der Waals surface area contributed by atoms with Gasteiger partial charge in [0.25, 0.3) is 11.6 Å². The van der Waals surface area contributed by atoms with Crippen molar-refractivity contribution in [3.8, 4) is 0 Å². The first-order chi connectivity index (χ1) is 23.8. The second kappa shape index (κ2) is 15.6. The van der Waals surface area contributed by atoms with Crippen LogP contribution in [0.4, 0.5) is 5.69 Å². The van der Waals surface area contributed by atoms with Gasteiger partial charge in [-0.3, -0.25) is 14.9 Å². The molecule has 0 radical (unpaired) electrons. The molecule has 5 rings (SSSR count). The molecule has 0 spiro atoms. The fourth-order valence-corrected chi connectivity index (χ4v) is 10.1. The van der Waals surface area contributed by atoms with Crippen LogP contribution in [0.15, 0.2) is 151 Å². The summed E-state index contributed by atoms with van der Waals surface area (Å²) in [6.07, 6.45) is 1.29. The summed E-state index contributed by atoms with van der Waals surface area (Å²) in [5.41, 5.74) is 0.450. The van der Waals surface area contributed by atoms with E-state index in [1.807, 2.05) is 91.0 Å². The number of hydrazone groups is 1. The van der Waals surface area contributed by atoms with E-state index in [2.05, 4.69) is 5.10 Å². The Kier molecular flexibility index (Phi) is 10.9. The minimum atomic E-state index is -3.36. The zero-order valence-corrected chi connectivity index (χ0v) is 27.6. The van der Waals surface area contributed by atoms with Crippen LogP contribution in [0.25, 0.3) is 0 Å². The topological polar surface area (TPSA) is 128 Å². The number of carbonyl (C=O) groups excluding carboxylic acids is 3. The Hall–Kier alpha value is -6.12. The van der Waals surface area contributed by atoms with Crippen LogP contribution in [0, 0.1) is 10.1 Å². The smallest absolute Gasteiger partial charge is 0.337 e. The van der Waals surface area contributed by atoms with Gasteiger partial charge in [0.2, 0.25) is 0 Å². The number of amides is 1. The Morgan fingerprint density at radius 1 is 0.694 bits per heavy atom. The van der Waals surface area contributed by atoms with E-state index in [0.717, 1.165) is 5.01 Å². The van der Waals surface area contributed by atoms with Gasteiger partial charge in [0, 0.05) is 17.7 Å². The van der Waals surface area contributed by atoms with Crippen LogP contribution in [-0.2, 0) is 19.1 Å². The monoisotopic (exact) mass is 673 g/mol. The molecule has 0 aromatic heterocycles. The van der Waals surface area contributed by atoms with Crippen LogP contribution in [0.5, 0.6) is 0 Å². The average Bonchev–Trinajstić information content (AvgIpc) is 3.16. The molecule has 11 heteroatoms. The van der Waals surface area contributed by atoms with Crippen LogP contribution in [0.2, 0.25) is 0 Å². The molecule has 0 aliphatic rings. The molecule has 49 heavy (non-hydrogen) atoms. The lowest BCUT2D eigenvalue weighted by molar-refractivity contribution is -0.384. The maximum Gasteiger partial charge on any atom is 0.337 e.